The molecular weight excluding hydrogens is 264 g/mol. The summed E-state index contributed by atoms with van der Waals surface area (Å²) in [5, 5.41) is 15.8. The fourth-order valence-corrected chi connectivity index (χ4v) is 2.90. The van der Waals surface area contributed by atoms with Crippen molar-refractivity contribution in [3.63, 3.8) is 0 Å². The first-order valence-corrected chi connectivity index (χ1v) is 7.75. The summed E-state index contributed by atoms with van der Waals surface area (Å²) in [6.45, 7) is 4.57. The maximum absolute atomic E-state index is 12.0. The summed E-state index contributed by atoms with van der Waals surface area (Å²) in [4.78, 5) is 12.0. The second-order valence-electron chi connectivity index (χ2n) is 6.39. The Labute approximate surface area is 126 Å². The van der Waals surface area contributed by atoms with Gasteiger partial charge in [0.1, 0.15) is 0 Å². The molecule has 0 spiro atoms. The van der Waals surface area contributed by atoms with Gasteiger partial charge in [-0.25, -0.2) is 0 Å². The highest BCUT2D eigenvalue weighted by Gasteiger charge is 2.33. The molecule has 1 aromatic carbocycles. The molecule has 1 aromatic rings. The van der Waals surface area contributed by atoms with Crippen molar-refractivity contribution in [3.05, 3.63) is 29.8 Å². The van der Waals surface area contributed by atoms with Gasteiger partial charge in [-0.05, 0) is 56.2 Å². The fourth-order valence-electron chi connectivity index (χ4n) is 2.90. The van der Waals surface area contributed by atoms with Gasteiger partial charge in [0.15, 0.2) is 0 Å². The number of aliphatic hydroxyl groups is 1. The monoisotopic (exact) mass is 290 g/mol. The van der Waals surface area contributed by atoms with Gasteiger partial charge < -0.3 is 15.7 Å². The van der Waals surface area contributed by atoms with Gasteiger partial charge in [-0.3, -0.25) is 4.79 Å². The maximum atomic E-state index is 12.0. The lowest BCUT2D eigenvalue weighted by Gasteiger charge is -2.38. The molecule has 4 heteroatoms. The van der Waals surface area contributed by atoms with Crippen LogP contribution in [0.25, 0.3) is 0 Å². The van der Waals surface area contributed by atoms with Gasteiger partial charge in [0, 0.05) is 11.2 Å². The van der Waals surface area contributed by atoms with E-state index in [-0.39, 0.29) is 24.6 Å². The van der Waals surface area contributed by atoms with Crippen molar-refractivity contribution in [1.82, 2.24) is 5.32 Å². The zero-order valence-electron chi connectivity index (χ0n) is 13.0. The van der Waals surface area contributed by atoms with Crippen molar-refractivity contribution in [2.45, 2.75) is 45.1 Å². The van der Waals surface area contributed by atoms with Crippen molar-refractivity contribution in [2.24, 2.45) is 5.92 Å². The van der Waals surface area contributed by atoms with E-state index in [1.54, 1.807) is 0 Å². The molecule has 1 saturated carbocycles. The minimum absolute atomic E-state index is 0.0629. The van der Waals surface area contributed by atoms with Crippen molar-refractivity contribution in [1.29, 1.82) is 0 Å². The lowest BCUT2D eigenvalue weighted by molar-refractivity contribution is -0.116. The minimum atomic E-state index is -0.281. The summed E-state index contributed by atoms with van der Waals surface area (Å²) >= 11 is 0. The van der Waals surface area contributed by atoms with Crippen LogP contribution < -0.4 is 10.6 Å². The SMILES string of the molecule is Cc1cccc(NC(=O)CNC2(CO)CCC(C)CC2)c1. The molecule has 116 valence electrons. The second kappa shape index (κ2) is 7.05. The highest BCUT2D eigenvalue weighted by atomic mass is 16.3. The van der Waals surface area contributed by atoms with E-state index < -0.39 is 0 Å². The number of carbonyl (C=O) groups excluding carboxylic acids is 1. The van der Waals surface area contributed by atoms with Gasteiger partial charge in [0.05, 0.1) is 13.2 Å². The summed E-state index contributed by atoms with van der Waals surface area (Å²) in [5.41, 5.74) is 1.65. The highest BCUT2D eigenvalue weighted by Crippen LogP contribution is 2.31. The normalized spacial score (nSPS) is 25.6. The third-order valence-electron chi connectivity index (χ3n) is 4.46. The molecule has 0 bridgehead atoms. The first-order chi connectivity index (χ1) is 10.0. The van der Waals surface area contributed by atoms with Crippen LogP contribution in [-0.2, 0) is 4.79 Å². The summed E-state index contributed by atoms with van der Waals surface area (Å²) in [5.74, 6) is 0.652. The number of anilines is 1. The van der Waals surface area contributed by atoms with E-state index in [0.717, 1.165) is 36.9 Å². The van der Waals surface area contributed by atoms with Crippen molar-refractivity contribution >= 4 is 11.6 Å². The number of nitrogens with one attached hydrogen (secondary N) is 2. The smallest absolute Gasteiger partial charge is 0.238 e. The van der Waals surface area contributed by atoms with Gasteiger partial charge >= 0.3 is 0 Å². The van der Waals surface area contributed by atoms with Gasteiger partial charge in [0.2, 0.25) is 5.91 Å². The number of hydrogen-bond acceptors (Lipinski definition) is 3. The molecule has 21 heavy (non-hydrogen) atoms. The number of carbonyl (C=O) groups is 1. The number of hydrogen-bond donors (Lipinski definition) is 3. The van der Waals surface area contributed by atoms with Crippen molar-refractivity contribution in [3.8, 4) is 0 Å². The average Bonchev–Trinajstić information content (AvgIpc) is 2.47. The number of rotatable bonds is 5. The minimum Gasteiger partial charge on any atom is -0.394 e. The number of aliphatic hydroxyl groups excluding tert-OH is 1. The highest BCUT2D eigenvalue weighted by molar-refractivity contribution is 5.92. The summed E-state index contributed by atoms with van der Waals surface area (Å²) in [6.07, 6.45) is 4.07. The predicted octanol–water partition coefficient (Wildman–Crippen LogP) is 2.46. The third-order valence-corrected chi connectivity index (χ3v) is 4.46. The van der Waals surface area contributed by atoms with Crippen LogP contribution in [0.15, 0.2) is 24.3 Å². The molecule has 4 nitrogen and oxygen atoms in total. The van der Waals surface area contributed by atoms with Gasteiger partial charge in [-0.1, -0.05) is 19.1 Å². The second-order valence-corrected chi connectivity index (χ2v) is 6.39. The number of benzene rings is 1. The van der Waals surface area contributed by atoms with Crippen LogP contribution in [0.5, 0.6) is 0 Å². The van der Waals surface area contributed by atoms with Gasteiger partial charge in [-0.2, -0.15) is 0 Å². The van der Waals surface area contributed by atoms with Crippen LogP contribution in [-0.4, -0.2) is 29.7 Å². The van der Waals surface area contributed by atoms with Crippen LogP contribution in [0.2, 0.25) is 0 Å². The molecule has 0 radical (unpaired) electrons. The quantitative estimate of drug-likeness (QED) is 0.780. The number of aryl methyl sites for hydroxylation is 1. The zero-order valence-corrected chi connectivity index (χ0v) is 13.0. The van der Waals surface area contributed by atoms with E-state index in [1.807, 2.05) is 31.2 Å². The largest absolute Gasteiger partial charge is 0.394 e. The molecule has 3 N–H and O–H groups in total. The van der Waals surface area contributed by atoms with Crippen molar-refractivity contribution < 1.29 is 9.90 Å². The Morgan fingerprint density at radius 2 is 2.10 bits per heavy atom. The van der Waals surface area contributed by atoms with Crippen molar-refractivity contribution in [2.75, 3.05) is 18.5 Å². The lowest BCUT2D eigenvalue weighted by Crippen LogP contribution is -2.53. The summed E-state index contributed by atoms with van der Waals surface area (Å²) in [7, 11) is 0. The van der Waals surface area contributed by atoms with Crippen LogP contribution in [0.4, 0.5) is 5.69 Å². The Morgan fingerprint density at radius 3 is 2.71 bits per heavy atom. The summed E-state index contributed by atoms with van der Waals surface area (Å²) < 4.78 is 0. The standard InChI is InChI=1S/C17H26N2O2/c1-13-6-8-17(12-20,9-7-13)18-11-16(21)19-15-5-3-4-14(2)10-15/h3-5,10,13,18,20H,6-9,11-12H2,1-2H3,(H,19,21). The van der Waals surface area contributed by atoms with Crippen LogP contribution in [0.1, 0.15) is 38.2 Å². The molecule has 0 atom stereocenters. The fraction of sp³-hybridized carbons (Fsp3) is 0.588. The molecule has 1 fully saturated rings. The Balaban J connectivity index is 1.85. The average molecular weight is 290 g/mol. The first kappa shape index (κ1) is 16.0. The van der Waals surface area contributed by atoms with Gasteiger partial charge in [-0.15, -0.1) is 0 Å². The van der Waals surface area contributed by atoms with E-state index in [0.29, 0.717) is 5.92 Å². The third kappa shape index (κ3) is 4.55. The predicted molar refractivity (Wildman–Crippen MR) is 85.3 cm³/mol. The van der Waals surface area contributed by atoms with E-state index in [4.69, 9.17) is 0 Å². The number of amides is 1. The van der Waals surface area contributed by atoms with Crippen LogP contribution in [0, 0.1) is 12.8 Å². The lowest BCUT2D eigenvalue weighted by atomic mass is 9.77. The Morgan fingerprint density at radius 1 is 1.38 bits per heavy atom. The molecule has 0 aromatic heterocycles. The molecule has 1 amide bonds. The van der Waals surface area contributed by atoms with Crippen LogP contribution >= 0.6 is 0 Å². The molecular formula is C17H26N2O2. The Bertz CT molecular complexity index is 479. The van der Waals surface area contributed by atoms with E-state index >= 15 is 0 Å². The van der Waals surface area contributed by atoms with E-state index in [2.05, 4.69) is 17.6 Å². The topological polar surface area (TPSA) is 61.4 Å². The molecule has 0 unspecified atom stereocenters. The van der Waals surface area contributed by atoms with E-state index in [9.17, 15) is 9.90 Å². The first-order valence-electron chi connectivity index (χ1n) is 7.75. The van der Waals surface area contributed by atoms with Crippen LogP contribution in [0.3, 0.4) is 0 Å². The molecule has 1 aliphatic rings. The Hall–Kier alpha value is -1.39. The molecule has 1 aliphatic carbocycles. The zero-order chi connectivity index (χ0) is 15.3. The maximum Gasteiger partial charge on any atom is 0.238 e. The molecule has 0 aliphatic heterocycles. The summed E-state index contributed by atoms with van der Waals surface area (Å²) in [6, 6.07) is 7.75. The van der Waals surface area contributed by atoms with Gasteiger partial charge in [0.25, 0.3) is 0 Å². The van der Waals surface area contributed by atoms with E-state index in [1.165, 1.54) is 0 Å². The molecule has 0 saturated heterocycles. The Kier molecular flexibility index (Phi) is 5.37. The molecule has 0 heterocycles. The molecule has 2 rings (SSSR count).